The lowest BCUT2D eigenvalue weighted by molar-refractivity contribution is -0.127. The molecule has 0 saturated carbocycles. The predicted octanol–water partition coefficient (Wildman–Crippen LogP) is 5.39. The van der Waals surface area contributed by atoms with Crippen LogP contribution < -0.4 is 15.8 Å². The van der Waals surface area contributed by atoms with Gasteiger partial charge in [0.25, 0.3) is 0 Å². The molecule has 14 heteroatoms. The van der Waals surface area contributed by atoms with E-state index in [1.807, 2.05) is 0 Å². The number of carbonyl (C=O) groups excluding carboxylic acids is 1. The van der Waals surface area contributed by atoms with Crippen LogP contribution in [0.3, 0.4) is 0 Å². The molecule has 0 spiro atoms. The van der Waals surface area contributed by atoms with E-state index < -0.39 is 23.6 Å². The summed E-state index contributed by atoms with van der Waals surface area (Å²) in [6, 6.07) is 4.61. The smallest absolute Gasteiger partial charge is 0.319 e. The van der Waals surface area contributed by atoms with E-state index in [1.165, 1.54) is 6.07 Å². The van der Waals surface area contributed by atoms with Crippen molar-refractivity contribution >= 4 is 60.7 Å². The fourth-order valence-electron chi connectivity index (χ4n) is 7.74. The van der Waals surface area contributed by atoms with Gasteiger partial charge in [0.2, 0.25) is 5.91 Å². The maximum atomic E-state index is 15.0. The van der Waals surface area contributed by atoms with Gasteiger partial charge in [-0.2, -0.15) is 15.2 Å². The molecule has 10 nitrogen and oxygen atoms in total. The average Bonchev–Trinajstić information content (AvgIpc) is 3.84. The van der Waals surface area contributed by atoms with Gasteiger partial charge >= 0.3 is 6.01 Å². The van der Waals surface area contributed by atoms with Crippen molar-refractivity contribution in [3.63, 3.8) is 0 Å². The third-order valence-electron chi connectivity index (χ3n) is 9.95. The van der Waals surface area contributed by atoms with Gasteiger partial charge in [-0.1, -0.05) is 17.7 Å². The van der Waals surface area contributed by atoms with Crippen molar-refractivity contribution in [3.05, 3.63) is 39.7 Å². The number of rotatable bonds is 6. The molecule has 0 aliphatic carbocycles. The SMILES string of the molecule is CN1CC[C@@H](Nc2nc(OC[C@@]34CCCN3C[C@H](F)C4)nc3c(Cl)c(-c4ccc(F)c5sc(N)c(C#N)c45)c4c(c23)COC4)C1=O. The molecule has 0 bridgehead atoms. The molecule has 2 aromatic carbocycles. The molecule has 3 N–H and O–H groups in total. The van der Waals surface area contributed by atoms with Crippen LogP contribution in [0.5, 0.6) is 6.01 Å². The highest BCUT2D eigenvalue weighted by Gasteiger charge is 2.49. The number of halogens is 3. The molecular weight excluding hydrogens is 636 g/mol. The van der Waals surface area contributed by atoms with E-state index in [9.17, 15) is 14.4 Å². The van der Waals surface area contributed by atoms with Crippen LogP contribution in [-0.2, 0) is 22.7 Å². The largest absolute Gasteiger partial charge is 0.461 e. The Kier molecular flexibility index (Phi) is 6.99. The van der Waals surface area contributed by atoms with Gasteiger partial charge in [-0.15, -0.1) is 11.3 Å². The Morgan fingerprint density at radius 2 is 2.11 bits per heavy atom. The van der Waals surface area contributed by atoms with Gasteiger partial charge in [-0.05, 0) is 48.6 Å². The highest BCUT2D eigenvalue weighted by atomic mass is 35.5. The van der Waals surface area contributed by atoms with Crippen molar-refractivity contribution in [1.82, 2.24) is 19.8 Å². The van der Waals surface area contributed by atoms with Crippen molar-refractivity contribution in [2.45, 2.75) is 56.6 Å². The number of fused-ring (bicyclic) bond motifs is 5. The number of aromatic nitrogens is 2. The fourth-order valence-corrected chi connectivity index (χ4v) is 9.04. The van der Waals surface area contributed by atoms with Crippen molar-refractivity contribution in [1.29, 1.82) is 5.26 Å². The lowest BCUT2D eigenvalue weighted by atomic mass is 9.91. The molecule has 4 aliphatic heterocycles. The Balaban J connectivity index is 1.32. The van der Waals surface area contributed by atoms with Crippen LogP contribution in [0.1, 0.15) is 42.4 Å². The molecule has 3 atom stereocenters. The first-order valence-corrected chi connectivity index (χ1v) is 16.5. The molecule has 1 amide bonds. The van der Waals surface area contributed by atoms with Crippen LogP contribution in [-0.4, -0.2) is 76.7 Å². The van der Waals surface area contributed by atoms with Gasteiger partial charge in [-0.3, -0.25) is 9.69 Å². The number of alkyl halides is 1. The van der Waals surface area contributed by atoms with Crippen LogP contribution in [0.15, 0.2) is 12.1 Å². The van der Waals surface area contributed by atoms with Gasteiger partial charge < -0.3 is 25.4 Å². The quantitative estimate of drug-likeness (QED) is 0.279. The molecule has 4 aliphatic rings. The molecule has 238 valence electrons. The van der Waals surface area contributed by atoms with Crippen molar-refractivity contribution in [2.24, 2.45) is 0 Å². The minimum absolute atomic E-state index is 0.0470. The first kappa shape index (κ1) is 29.6. The van der Waals surface area contributed by atoms with Gasteiger partial charge in [0.05, 0.1) is 44.9 Å². The first-order valence-electron chi connectivity index (χ1n) is 15.3. The predicted molar refractivity (Wildman–Crippen MR) is 171 cm³/mol. The molecule has 8 rings (SSSR count). The topological polar surface area (TPSA) is 130 Å². The second-order valence-electron chi connectivity index (χ2n) is 12.6. The summed E-state index contributed by atoms with van der Waals surface area (Å²) < 4.78 is 42.0. The van der Waals surface area contributed by atoms with Crippen LogP contribution in [0, 0.1) is 17.1 Å². The summed E-state index contributed by atoms with van der Waals surface area (Å²) in [6.45, 7) is 2.45. The molecule has 6 heterocycles. The number of nitrogens with one attached hydrogen (secondary N) is 1. The Morgan fingerprint density at radius 3 is 2.89 bits per heavy atom. The number of hydrogen-bond donors (Lipinski definition) is 2. The van der Waals surface area contributed by atoms with Crippen LogP contribution in [0.25, 0.3) is 32.1 Å². The molecule has 2 aromatic heterocycles. The second kappa shape index (κ2) is 10.9. The van der Waals surface area contributed by atoms with Crippen molar-refractivity contribution in [2.75, 3.05) is 44.3 Å². The number of likely N-dealkylation sites (N-methyl/N-ethyl adjacent to an activating group) is 1. The van der Waals surface area contributed by atoms with E-state index in [2.05, 4.69) is 16.3 Å². The minimum atomic E-state index is -0.916. The van der Waals surface area contributed by atoms with E-state index in [0.717, 1.165) is 41.9 Å². The van der Waals surface area contributed by atoms with E-state index in [4.69, 9.17) is 36.8 Å². The zero-order valence-electron chi connectivity index (χ0n) is 25.0. The summed E-state index contributed by atoms with van der Waals surface area (Å²) in [6.07, 6.45) is 1.83. The number of ether oxygens (including phenoxy) is 2. The lowest BCUT2D eigenvalue weighted by Crippen LogP contribution is -2.43. The number of thiophene rings is 1. The summed E-state index contributed by atoms with van der Waals surface area (Å²) in [4.78, 5) is 26.4. The maximum absolute atomic E-state index is 15.0. The Labute approximate surface area is 272 Å². The van der Waals surface area contributed by atoms with Crippen molar-refractivity contribution < 1.29 is 23.0 Å². The highest BCUT2D eigenvalue weighted by Crippen LogP contribution is 2.49. The lowest BCUT2D eigenvalue weighted by Gasteiger charge is -2.31. The standard InChI is InChI=1S/C32H30ClF2N7O3S/c1-41-8-5-21(30(41)43)38-29-24-19-13-44-12-18(19)22(16-3-4-20(35)27-23(16)17(10-36)28(37)46-27)25(33)26(24)39-31(40-29)45-14-32-6-2-7-42(32)11-15(34)9-32/h3-4,15,21H,2,5-9,11-14,37H2,1H3,(H,38,39,40)/t15-,21-,32+/m1/s1. The van der Waals surface area contributed by atoms with Gasteiger partial charge in [0.15, 0.2) is 0 Å². The number of carbonyl (C=O) groups is 1. The zero-order chi connectivity index (χ0) is 31.9. The van der Waals surface area contributed by atoms with Crippen LogP contribution in [0.4, 0.5) is 19.6 Å². The monoisotopic (exact) mass is 665 g/mol. The minimum Gasteiger partial charge on any atom is -0.461 e. The maximum Gasteiger partial charge on any atom is 0.319 e. The van der Waals surface area contributed by atoms with Crippen molar-refractivity contribution in [3.8, 4) is 23.2 Å². The summed E-state index contributed by atoms with van der Waals surface area (Å²) in [7, 11) is 1.76. The molecule has 0 unspecified atom stereocenters. The molecule has 3 saturated heterocycles. The van der Waals surface area contributed by atoms with Crippen LogP contribution >= 0.6 is 22.9 Å². The third-order valence-corrected chi connectivity index (χ3v) is 11.3. The summed E-state index contributed by atoms with van der Waals surface area (Å²) in [5, 5.41) is 14.8. The third kappa shape index (κ3) is 4.41. The number of hydrogen-bond acceptors (Lipinski definition) is 10. The Bertz CT molecular complexity index is 2000. The van der Waals surface area contributed by atoms with Gasteiger partial charge in [0, 0.05) is 37.5 Å². The van der Waals surface area contributed by atoms with Gasteiger partial charge in [-0.25, -0.2) is 8.78 Å². The fraction of sp³-hybridized carbons (Fsp3) is 0.438. The van der Waals surface area contributed by atoms with E-state index in [-0.39, 0.29) is 52.0 Å². The number of amides is 1. The summed E-state index contributed by atoms with van der Waals surface area (Å²) in [5.74, 6) is -0.153. The number of nitrogens with zero attached hydrogens (tertiary/aromatic N) is 5. The first-order chi connectivity index (χ1) is 22.2. The molecular formula is C32H30ClF2N7O3S. The number of nitriles is 1. The van der Waals surface area contributed by atoms with E-state index in [1.54, 1.807) is 18.0 Å². The molecule has 3 fully saturated rings. The number of anilines is 2. The summed E-state index contributed by atoms with van der Waals surface area (Å²) in [5.41, 5.74) is 8.91. The number of benzene rings is 2. The Hall–Kier alpha value is -3.83. The van der Waals surface area contributed by atoms with Gasteiger partial charge in [0.1, 0.15) is 41.5 Å². The summed E-state index contributed by atoms with van der Waals surface area (Å²) >= 11 is 8.30. The zero-order valence-corrected chi connectivity index (χ0v) is 26.5. The molecule has 4 aromatic rings. The molecule has 46 heavy (non-hydrogen) atoms. The number of likely N-dealkylation sites (tertiary alicyclic amines) is 1. The van der Waals surface area contributed by atoms with E-state index >= 15 is 4.39 Å². The highest BCUT2D eigenvalue weighted by molar-refractivity contribution is 7.23. The number of nitrogens with two attached hydrogens (primary N) is 1. The Morgan fingerprint density at radius 1 is 1.28 bits per heavy atom. The second-order valence-corrected chi connectivity index (χ2v) is 14.0. The normalized spacial score (nSPS) is 24.2. The average molecular weight is 666 g/mol. The van der Waals surface area contributed by atoms with Crippen LogP contribution in [0.2, 0.25) is 5.02 Å². The molecule has 0 radical (unpaired) electrons. The number of nitrogen functional groups attached to an aromatic ring is 1. The van der Waals surface area contributed by atoms with E-state index in [0.29, 0.717) is 59.2 Å².